The van der Waals surface area contributed by atoms with Gasteiger partial charge in [0.2, 0.25) is 5.91 Å². The van der Waals surface area contributed by atoms with Crippen molar-refractivity contribution in [2.24, 2.45) is 16.9 Å². The summed E-state index contributed by atoms with van der Waals surface area (Å²) in [5, 5.41) is 2.73. The van der Waals surface area contributed by atoms with Crippen LogP contribution in [0.2, 0.25) is 0 Å². The fourth-order valence-electron chi connectivity index (χ4n) is 2.81. The molecule has 2 rings (SSSR count). The molecule has 1 aromatic rings. The van der Waals surface area contributed by atoms with Crippen LogP contribution in [0.25, 0.3) is 0 Å². The van der Waals surface area contributed by atoms with E-state index < -0.39 is 17.1 Å². The van der Waals surface area contributed by atoms with Gasteiger partial charge in [-0.2, -0.15) is 0 Å². The smallest absolute Gasteiger partial charge is 0.251 e. The lowest BCUT2D eigenvalue weighted by molar-refractivity contribution is -0.126. The predicted octanol–water partition coefficient (Wildman–Crippen LogP) is 1.77. The van der Waals surface area contributed by atoms with Gasteiger partial charge in [-0.3, -0.25) is 9.59 Å². The second-order valence-corrected chi connectivity index (χ2v) is 5.56. The molecule has 1 aromatic carbocycles. The Morgan fingerprint density at radius 1 is 1.24 bits per heavy atom. The van der Waals surface area contributed by atoms with Crippen LogP contribution in [0.3, 0.4) is 0 Å². The number of hydrogen-bond donors (Lipinski definition) is 3. The van der Waals surface area contributed by atoms with Crippen molar-refractivity contribution in [3.05, 3.63) is 29.6 Å². The zero-order valence-electron chi connectivity index (χ0n) is 11.8. The Hall–Kier alpha value is -1.95. The maximum absolute atomic E-state index is 13.4. The zero-order valence-corrected chi connectivity index (χ0v) is 11.8. The lowest BCUT2D eigenvalue weighted by Crippen LogP contribution is -2.43. The number of nitrogens with one attached hydrogen (secondary N) is 1. The number of amides is 2. The minimum Gasteiger partial charge on any atom is -0.366 e. The van der Waals surface area contributed by atoms with Gasteiger partial charge in [-0.05, 0) is 31.0 Å². The number of halogens is 1. The normalized spacial score (nSPS) is 17.2. The van der Waals surface area contributed by atoms with Crippen LogP contribution < -0.4 is 16.8 Å². The Labute approximate surface area is 122 Å². The maximum atomic E-state index is 13.4. The second kappa shape index (κ2) is 6.22. The summed E-state index contributed by atoms with van der Waals surface area (Å²) in [5.41, 5.74) is 10.4. The van der Waals surface area contributed by atoms with E-state index >= 15 is 0 Å². The molecule has 1 aliphatic carbocycles. The summed E-state index contributed by atoms with van der Waals surface area (Å²) in [6.07, 6.45) is 4.55. The molecule has 1 saturated carbocycles. The van der Waals surface area contributed by atoms with E-state index in [1.54, 1.807) is 0 Å². The van der Waals surface area contributed by atoms with Crippen molar-refractivity contribution in [2.45, 2.75) is 32.1 Å². The molecule has 1 fully saturated rings. The minimum atomic E-state index is -0.866. The maximum Gasteiger partial charge on any atom is 0.251 e. The van der Waals surface area contributed by atoms with Gasteiger partial charge in [-0.1, -0.05) is 19.3 Å². The van der Waals surface area contributed by atoms with Gasteiger partial charge in [-0.15, -0.1) is 0 Å². The van der Waals surface area contributed by atoms with Crippen LogP contribution in [0.4, 0.5) is 10.1 Å². The van der Waals surface area contributed by atoms with E-state index in [-0.39, 0.29) is 18.0 Å². The third-order valence-electron chi connectivity index (χ3n) is 4.17. The average molecular weight is 293 g/mol. The average Bonchev–Trinajstić information content (AvgIpc) is 2.49. The molecule has 0 heterocycles. The number of benzene rings is 1. The molecule has 0 bridgehead atoms. The third kappa shape index (κ3) is 3.21. The van der Waals surface area contributed by atoms with Gasteiger partial charge in [0.15, 0.2) is 0 Å². The van der Waals surface area contributed by atoms with Crippen LogP contribution in [-0.2, 0) is 4.79 Å². The molecule has 0 atom stereocenters. The van der Waals surface area contributed by atoms with Crippen LogP contribution in [0.1, 0.15) is 42.5 Å². The molecule has 0 unspecified atom stereocenters. The number of rotatable bonds is 4. The van der Waals surface area contributed by atoms with Crippen LogP contribution in [0.15, 0.2) is 18.2 Å². The van der Waals surface area contributed by atoms with E-state index in [9.17, 15) is 14.0 Å². The van der Waals surface area contributed by atoms with Crippen molar-refractivity contribution in [1.82, 2.24) is 0 Å². The van der Waals surface area contributed by atoms with Crippen LogP contribution >= 0.6 is 0 Å². The first-order chi connectivity index (χ1) is 9.98. The molecule has 0 saturated heterocycles. The summed E-state index contributed by atoms with van der Waals surface area (Å²) in [6.45, 7) is 0.280. The summed E-state index contributed by atoms with van der Waals surface area (Å²) >= 11 is 0. The predicted molar refractivity (Wildman–Crippen MR) is 78.1 cm³/mol. The van der Waals surface area contributed by atoms with E-state index in [2.05, 4.69) is 5.32 Å². The Morgan fingerprint density at radius 2 is 1.90 bits per heavy atom. The SMILES string of the molecule is NCC1(C(=O)Nc2ccc(F)c(C(N)=O)c2)CCCCC1. The van der Waals surface area contributed by atoms with Crippen molar-refractivity contribution < 1.29 is 14.0 Å². The molecule has 5 N–H and O–H groups in total. The highest BCUT2D eigenvalue weighted by atomic mass is 19.1. The Balaban J connectivity index is 2.19. The summed E-state index contributed by atoms with van der Waals surface area (Å²) in [6, 6.07) is 3.78. The summed E-state index contributed by atoms with van der Waals surface area (Å²) in [4.78, 5) is 23.6. The largest absolute Gasteiger partial charge is 0.366 e. The van der Waals surface area contributed by atoms with Gasteiger partial charge in [0.1, 0.15) is 5.82 Å². The topological polar surface area (TPSA) is 98.2 Å². The lowest BCUT2D eigenvalue weighted by atomic mass is 9.73. The van der Waals surface area contributed by atoms with Crippen LogP contribution in [-0.4, -0.2) is 18.4 Å². The second-order valence-electron chi connectivity index (χ2n) is 5.56. The Bertz CT molecular complexity index is 554. The van der Waals surface area contributed by atoms with Crippen molar-refractivity contribution in [2.75, 3.05) is 11.9 Å². The van der Waals surface area contributed by atoms with Gasteiger partial charge < -0.3 is 16.8 Å². The molecule has 6 heteroatoms. The van der Waals surface area contributed by atoms with E-state index in [1.807, 2.05) is 0 Å². The summed E-state index contributed by atoms with van der Waals surface area (Å²) < 4.78 is 13.4. The molecule has 0 spiro atoms. The highest BCUT2D eigenvalue weighted by Crippen LogP contribution is 2.36. The molecule has 2 amide bonds. The van der Waals surface area contributed by atoms with Gasteiger partial charge >= 0.3 is 0 Å². The molecule has 0 aliphatic heterocycles. The van der Waals surface area contributed by atoms with Gasteiger partial charge in [0.05, 0.1) is 11.0 Å². The van der Waals surface area contributed by atoms with Crippen molar-refractivity contribution in [1.29, 1.82) is 0 Å². The first-order valence-corrected chi connectivity index (χ1v) is 7.09. The van der Waals surface area contributed by atoms with Crippen molar-refractivity contribution >= 4 is 17.5 Å². The fraction of sp³-hybridized carbons (Fsp3) is 0.467. The van der Waals surface area contributed by atoms with E-state index in [1.165, 1.54) is 12.1 Å². The van der Waals surface area contributed by atoms with Crippen molar-refractivity contribution in [3.8, 4) is 0 Å². The zero-order chi connectivity index (χ0) is 15.5. The van der Waals surface area contributed by atoms with Gasteiger partial charge in [-0.25, -0.2) is 4.39 Å². The number of carbonyl (C=O) groups excluding carboxylic acids is 2. The Kier molecular flexibility index (Phi) is 4.57. The number of anilines is 1. The molecule has 0 aromatic heterocycles. The van der Waals surface area contributed by atoms with Gasteiger partial charge in [0.25, 0.3) is 5.91 Å². The number of nitrogens with two attached hydrogens (primary N) is 2. The fourth-order valence-corrected chi connectivity index (χ4v) is 2.81. The minimum absolute atomic E-state index is 0.174. The third-order valence-corrected chi connectivity index (χ3v) is 4.17. The molecule has 5 nitrogen and oxygen atoms in total. The lowest BCUT2D eigenvalue weighted by Gasteiger charge is -2.34. The summed E-state index contributed by atoms with van der Waals surface area (Å²) in [7, 11) is 0. The first kappa shape index (κ1) is 15.4. The molecule has 1 aliphatic rings. The van der Waals surface area contributed by atoms with E-state index in [0.29, 0.717) is 5.69 Å². The highest BCUT2D eigenvalue weighted by Gasteiger charge is 2.38. The van der Waals surface area contributed by atoms with Crippen LogP contribution in [0, 0.1) is 11.2 Å². The number of primary amides is 1. The first-order valence-electron chi connectivity index (χ1n) is 7.09. The standard InChI is InChI=1S/C15H20FN3O2/c16-12-5-4-10(8-11(12)13(18)20)19-14(21)15(9-17)6-2-1-3-7-15/h4-5,8H,1-3,6-7,9,17H2,(H2,18,20)(H,19,21). The Morgan fingerprint density at radius 3 is 2.48 bits per heavy atom. The molecule has 114 valence electrons. The highest BCUT2D eigenvalue weighted by molar-refractivity contribution is 5.98. The van der Waals surface area contributed by atoms with Crippen molar-refractivity contribution in [3.63, 3.8) is 0 Å². The van der Waals surface area contributed by atoms with E-state index in [0.717, 1.165) is 38.2 Å². The number of carbonyl (C=O) groups is 2. The number of hydrogen-bond acceptors (Lipinski definition) is 3. The molecule has 21 heavy (non-hydrogen) atoms. The quantitative estimate of drug-likeness (QED) is 0.789. The molecular formula is C15H20FN3O2. The monoisotopic (exact) mass is 293 g/mol. The van der Waals surface area contributed by atoms with E-state index in [4.69, 9.17) is 11.5 Å². The molecule has 0 radical (unpaired) electrons. The van der Waals surface area contributed by atoms with Crippen LogP contribution in [0.5, 0.6) is 0 Å². The van der Waals surface area contributed by atoms with Gasteiger partial charge in [0, 0.05) is 12.2 Å². The molecular weight excluding hydrogens is 273 g/mol. The summed E-state index contributed by atoms with van der Waals surface area (Å²) in [5.74, 6) is -1.74.